The molecule has 1 atom stereocenters. The first-order valence-electron chi connectivity index (χ1n) is 6.13. The summed E-state index contributed by atoms with van der Waals surface area (Å²) in [5.41, 5.74) is 0.826. The van der Waals surface area contributed by atoms with Crippen LogP contribution in [0.4, 0.5) is 0 Å². The van der Waals surface area contributed by atoms with Gasteiger partial charge in [0.15, 0.2) is 0 Å². The van der Waals surface area contributed by atoms with E-state index in [1.165, 1.54) is 0 Å². The van der Waals surface area contributed by atoms with Crippen LogP contribution in [0.2, 0.25) is 0 Å². The quantitative estimate of drug-likeness (QED) is 0.534. The Morgan fingerprint density at radius 2 is 2.00 bits per heavy atom. The van der Waals surface area contributed by atoms with E-state index < -0.39 is 0 Å². The molecule has 1 aliphatic rings. The van der Waals surface area contributed by atoms with Gasteiger partial charge >= 0.3 is 0 Å². The number of allylic oxidation sites excluding steroid dienone is 3. The van der Waals surface area contributed by atoms with E-state index in [4.69, 9.17) is 0 Å². The van der Waals surface area contributed by atoms with E-state index >= 15 is 0 Å². The van der Waals surface area contributed by atoms with Crippen molar-refractivity contribution in [2.24, 2.45) is 5.92 Å². The van der Waals surface area contributed by atoms with Crippen molar-refractivity contribution in [2.45, 2.75) is 24.7 Å². The lowest BCUT2D eigenvalue weighted by atomic mass is 9.74. The summed E-state index contributed by atoms with van der Waals surface area (Å²) in [6.45, 7) is 3.66. The van der Waals surface area contributed by atoms with Gasteiger partial charge < -0.3 is 4.79 Å². The van der Waals surface area contributed by atoms with Gasteiger partial charge in [-0.1, -0.05) is 55.1 Å². The Morgan fingerprint density at radius 1 is 1.29 bits per heavy atom. The number of hydrogen-bond donors (Lipinski definition) is 0. The van der Waals surface area contributed by atoms with Crippen molar-refractivity contribution >= 4 is 6.29 Å². The highest BCUT2D eigenvalue weighted by molar-refractivity contribution is 5.70. The van der Waals surface area contributed by atoms with Crippen LogP contribution < -0.4 is 0 Å². The molecule has 0 saturated heterocycles. The molecular weight excluding hydrogens is 208 g/mol. The highest BCUT2D eigenvalue weighted by Gasteiger charge is 2.45. The van der Waals surface area contributed by atoms with Gasteiger partial charge in [0.2, 0.25) is 0 Å². The predicted octanol–water partition coefficient (Wildman–Crippen LogP) is 3.67. The Labute approximate surface area is 103 Å². The molecule has 88 valence electrons. The van der Waals surface area contributed by atoms with Crippen LogP contribution in [0.15, 0.2) is 55.1 Å². The molecule has 0 aliphatic heterocycles. The van der Waals surface area contributed by atoms with E-state index in [2.05, 4.69) is 18.7 Å². The van der Waals surface area contributed by atoms with E-state index in [0.717, 1.165) is 31.1 Å². The summed E-state index contributed by atoms with van der Waals surface area (Å²) in [6.07, 6.45) is 9.97. The molecule has 1 fully saturated rings. The number of benzene rings is 1. The monoisotopic (exact) mass is 226 g/mol. The first-order valence-corrected chi connectivity index (χ1v) is 6.13. The fraction of sp³-hybridized carbons (Fsp3) is 0.312. The Kier molecular flexibility index (Phi) is 3.58. The summed E-state index contributed by atoms with van der Waals surface area (Å²) in [4.78, 5) is 11.6. The van der Waals surface area contributed by atoms with Gasteiger partial charge in [-0.05, 0) is 30.7 Å². The molecule has 0 spiro atoms. The van der Waals surface area contributed by atoms with Gasteiger partial charge in [-0.15, -0.1) is 0 Å². The summed E-state index contributed by atoms with van der Waals surface area (Å²) < 4.78 is 0. The standard InChI is InChI=1S/C16H18O/c1-2-3-7-12-16(13-17,15-10-11-15)14-8-5-4-6-9-14/h2-9,13,15H,1,10-12H2/b7-3+/t16-/m1/s1. The van der Waals surface area contributed by atoms with Crippen molar-refractivity contribution in [3.8, 4) is 0 Å². The molecule has 0 N–H and O–H groups in total. The number of carbonyl (C=O) groups excluding carboxylic acids is 1. The van der Waals surface area contributed by atoms with Crippen LogP contribution in [0.3, 0.4) is 0 Å². The highest BCUT2D eigenvalue weighted by Crippen LogP contribution is 2.48. The normalized spacial score (nSPS) is 18.8. The fourth-order valence-corrected chi connectivity index (χ4v) is 2.44. The van der Waals surface area contributed by atoms with Gasteiger partial charge in [0.25, 0.3) is 0 Å². The lowest BCUT2D eigenvalue weighted by Gasteiger charge is -2.27. The summed E-state index contributed by atoms with van der Waals surface area (Å²) in [5, 5.41) is 0. The summed E-state index contributed by atoms with van der Waals surface area (Å²) in [5.74, 6) is 0.511. The Hall–Kier alpha value is -1.63. The maximum absolute atomic E-state index is 11.6. The van der Waals surface area contributed by atoms with E-state index in [1.807, 2.05) is 30.4 Å². The smallest absolute Gasteiger partial charge is 0.131 e. The molecule has 0 amide bonds. The van der Waals surface area contributed by atoms with Gasteiger partial charge in [0.05, 0.1) is 5.41 Å². The zero-order valence-corrected chi connectivity index (χ0v) is 10.0. The van der Waals surface area contributed by atoms with Crippen LogP contribution >= 0.6 is 0 Å². The lowest BCUT2D eigenvalue weighted by Crippen LogP contribution is -2.30. The van der Waals surface area contributed by atoms with Crippen LogP contribution in [0.1, 0.15) is 24.8 Å². The second-order valence-corrected chi connectivity index (χ2v) is 4.67. The first-order chi connectivity index (χ1) is 8.33. The summed E-state index contributed by atoms with van der Waals surface area (Å²) in [6, 6.07) is 10.1. The second kappa shape index (κ2) is 5.13. The van der Waals surface area contributed by atoms with E-state index in [1.54, 1.807) is 6.08 Å². The van der Waals surface area contributed by atoms with Gasteiger partial charge in [-0.25, -0.2) is 0 Å². The van der Waals surface area contributed by atoms with Gasteiger partial charge in [0.1, 0.15) is 6.29 Å². The van der Waals surface area contributed by atoms with Crippen LogP contribution in [0.5, 0.6) is 0 Å². The Balaban J connectivity index is 2.32. The number of hydrogen-bond acceptors (Lipinski definition) is 1. The third-order valence-corrected chi connectivity index (χ3v) is 3.56. The SMILES string of the molecule is C=C/C=C/C[C@@](C=O)(c1ccccc1)C1CC1. The summed E-state index contributed by atoms with van der Waals surface area (Å²) in [7, 11) is 0. The molecule has 0 unspecified atom stereocenters. The average molecular weight is 226 g/mol. The Bertz CT molecular complexity index is 414. The minimum absolute atomic E-state index is 0.319. The Morgan fingerprint density at radius 3 is 2.53 bits per heavy atom. The molecule has 1 aromatic carbocycles. The molecule has 0 bridgehead atoms. The number of aldehydes is 1. The lowest BCUT2D eigenvalue weighted by molar-refractivity contribution is -0.113. The largest absolute Gasteiger partial charge is 0.302 e. The maximum Gasteiger partial charge on any atom is 0.131 e. The molecule has 2 rings (SSSR count). The molecule has 0 radical (unpaired) electrons. The third kappa shape index (κ3) is 2.38. The molecule has 0 aromatic heterocycles. The van der Waals surface area contributed by atoms with Crippen molar-refractivity contribution in [2.75, 3.05) is 0 Å². The van der Waals surface area contributed by atoms with Crippen LogP contribution in [0.25, 0.3) is 0 Å². The maximum atomic E-state index is 11.6. The van der Waals surface area contributed by atoms with E-state index in [9.17, 15) is 4.79 Å². The zero-order valence-electron chi connectivity index (χ0n) is 10.0. The molecule has 1 aromatic rings. The van der Waals surface area contributed by atoms with Crippen LogP contribution in [-0.2, 0) is 10.2 Å². The van der Waals surface area contributed by atoms with E-state index in [-0.39, 0.29) is 5.41 Å². The van der Waals surface area contributed by atoms with Crippen LogP contribution in [-0.4, -0.2) is 6.29 Å². The van der Waals surface area contributed by atoms with Gasteiger partial charge in [0, 0.05) is 0 Å². The van der Waals surface area contributed by atoms with Crippen molar-refractivity contribution in [1.29, 1.82) is 0 Å². The average Bonchev–Trinajstić information content (AvgIpc) is 3.21. The minimum Gasteiger partial charge on any atom is -0.302 e. The second-order valence-electron chi connectivity index (χ2n) is 4.67. The molecule has 1 saturated carbocycles. The topological polar surface area (TPSA) is 17.1 Å². The fourth-order valence-electron chi connectivity index (χ4n) is 2.44. The molecule has 1 heteroatoms. The molecule has 1 nitrogen and oxygen atoms in total. The van der Waals surface area contributed by atoms with E-state index in [0.29, 0.717) is 5.92 Å². The zero-order chi connectivity index (χ0) is 12.1. The van der Waals surface area contributed by atoms with Crippen molar-refractivity contribution in [1.82, 2.24) is 0 Å². The van der Waals surface area contributed by atoms with Crippen molar-refractivity contribution < 1.29 is 4.79 Å². The number of rotatable bonds is 6. The third-order valence-electron chi connectivity index (χ3n) is 3.56. The molecule has 0 heterocycles. The summed E-state index contributed by atoms with van der Waals surface area (Å²) >= 11 is 0. The van der Waals surface area contributed by atoms with Gasteiger partial charge in [-0.2, -0.15) is 0 Å². The highest BCUT2D eigenvalue weighted by atomic mass is 16.1. The predicted molar refractivity (Wildman–Crippen MR) is 70.9 cm³/mol. The van der Waals surface area contributed by atoms with Crippen molar-refractivity contribution in [3.63, 3.8) is 0 Å². The minimum atomic E-state index is -0.319. The molecular formula is C16H18O. The first kappa shape index (κ1) is 11.8. The van der Waals surface area contributed by atoms with Gasteiger partial charge in [-0.3, -0.25) is 0 Å². The molecule has 1 aliphatic carbocycles. The molecule has 17 heavy (non-hydrogen) atoms. The number of carbonyl (C=O) groups is 1. The van der Waals surface area contributed by atoms with Crippen LogP contribution in [0, 0.1) is 5.92 Å². The van der Waals surface area contributed by atoms with Crippen molar-refractivity contribution in [3.05, 3.63) is 60.7 Å².